The van der Waals surface area contributed by atoms with Crippen LogP contribution in [-0.4, -0.2) is 51.1 Å². The SMILES string of the molecule is CCOC(=O)N1c2cc(OC)c(OC)cc2[C@H](N(Cc2cccc(C#N)c2)C(=O)OC)C[C@@H]1C. The first-order chi connectivity index (χ1) is 16.4. The van der Waals surface area contributed by atoms with Crippen LogP contribution in [0.1, 0.15) is 43.0 Å². The summed E-state index contributed by atoms with van der Waals surface area (Å²) in [5, 5.41) is 9.27. The van der Waals surface area contributed by atoms with Gasteiger partial charge in [0.25, 0.3) is 0 Å². The number of ether oxygens (including phenoxy) is 4. The van der Waals surface area contributed by atoms with E-state index in [9.17, 15) is 14.9 Å². The molecule has 2 aromatic rings. The number of nitrogens with zero attached hydrogens (tertiary/aromatic N) is 3. The Hall–Kier alpha value is -3.93. The van der Waals surface area contributed by atoms with Crippen molar-refractivity contribution in [2.24, 2.45) is 0 Å². The van der Waals surface area contributed by atoms with E-state index < -0.39 is 18.2 Å². The fraction of sp³-hybridized carbons (Fsp3) is 0.400. The van der Waals surface area contributed by atoms with E-state index in [1.165, 1.54) is 21.3 Å². The first-order valence-electron chi connectivity index (χ1n) is 10.9. The van der Waals surface area contributed by atoms with E-state index in [0.29, 0.717) is 34.7 Å². The normalized spacial score (nSPS) is 16.6. The van der Waals surface area contributed by atoms with E-state index in [1.807, 2.05) is 13.0 Å². The van der Waals surface area contributed by atoms with Crippen LogP contribution in [0, 0.1) is 11.3 Å². The second kappa shape index (κ2) is 10.8. The molecule has 0 N–H and O–H groups in total. The third kappa shape index (κ3) is 4.86. The Labute approximate surface area is 199 Å². The Balaban J connectivity index is 2.14. The minimum atomic E-state index is -0.523. The molecule has 9 heteroatoms. The van der Waals surface area contributed by atoms with E-state index in [0.717, 1.165) is 5.56 Å². The fourth-order valence-electron chi connectivity index (χ4n) is 4.27. The summed E-state index contributed by atoms with van der Waals surface area (Å²) in [5.41, 5.74) is 2.55. The number of amides is 2. The zero-order chi connectivity index (χ0) is 24.8. The molecule has 0 saturated carbocycles. The minimum Gasteiger partial charge on any atom is -0.493 e. The number of rotatable bonds is 6. The van der Waals surface area contributed by atoms with Gasteiger partial charge >= 0.3 is 12.2 Å². The summed E-state index contributed by atoms with van der Waals surface area (Å²) in [5.74, 6) is 0.927. The third-order valence-corrected chi connectivity index (χ3v) is 5.82. The maximum absolute atomic E-state index is 13.0. The summed E-state index contributed by atoms with van der Waals surface area (Å²) < 4.78 is 21.4. The molecule has 0 fully saturated rings. The van der Waals surface area contributed by atoms with Crippen LogP contribution in [0.3, 0.4) is 0 Å². The number of hydrogen-bond acceptors (Lipinski definition) is 7. The van der Waals surface area contributed by atoms with Crippen molar-refractivity contribution in [1.82, 2.24) is 4.90 Å². The molecule has 0 aromatic heterocycles. The molecule has 1 aliphatic rings. The van der Waals surface area contributed by atoms with Crippen LogP contribution in [0.25, 0.3) is 0 Å². The second-order valence-electron chi connectivity index (χ2n) is 7.85. The molecule has 2 aromatic carbocycles. The van der Waals surface area contributed by atoms with Crippen molar-refractivity contribution in [3.63, 3.8) is 0 Å². The Bertz CT molecular complexity index is 1100. The van der Waals surface area contributed by atoms with E-state index >= 15 is 0 Å². The molecule has 0 aliphatic carbocycles. The van der Waals surface area contributed by atoms with Crippen molar-refractivity contribution in [2.45, 2.75) is 38.9 Å². The fourth-order valence-corrected chi connectivity index (χ4v) is 4.27. The Morgan fingerprint density at radius 2 is 1.85 bits per heavy atom. The predicted molar refractivity (Wildman–Crippen MR) is 125 cm³/mol. The molecule has 0 radical (unpaired) electrons. The van der Waals surface area contributed by atoms with Gasteiger partial charge in [-0.15, -0.1) is 0 Å². The monoisotopic (exact) mass is 467 g/mol. The lowest BCUT2D eigenvalue weighted by molar-refractivity contribution is 0.0941. The van der Waals surface area contributed by atoms with Gasteiger partial charge in [-0.05, 0) is 44.0 Å². The lowest BCUT2D eigenvalue weighted by atomic mass is 9.90. The highest BCUT2D eigenvalue weighted by atomic mass is 16.6. The van der Waals surface area contributed by atoms with Crippen molar-refractivity contribution in [3.05, 3.63) is 53.1 Å². The molecule has 34 heavy (non-hydrogen) atoms. The number of fused-ring (bicyclic) bond motifs is 1. The van der Waals surface area contributed by atoms with Crippen LogP contribution < -0.4 is 14.4 Å². The van der Waals surface area contributed by atoms with Crippen molar-refractivity contribution in [2.75, 3.05) is 32.8 Å². The van der Waals surface area contributed by atoms with Gasteiger partial charge in [-0.3, -0.25) is 9.80 Å². The first-order valence-corrected chi connectivity index (χ1v) is 10.9. The molecule has 0 bridgehead atoms. The Morgan fingerprint density at radius 1 is 1.15 bits per heavy atom. The summed E-state index contributed by atoms with van der Waals surface area (Å²) >= 11 is 0. The van der Waals surface area contributed by atoms with Crippen LogP contribution >= 0.6 is 0 Å². The lowest BCUT2D eigenvalue weighted by Crippen LogP contribution is -2.47. The van der Waals surface area contributed by atoms with Crippen LogP contribution in [0.5, 0.6) is 11.5 Å². The number of methoxy groups -OCH3 is 3. The summed E-state index contributed by atoms with van der Waals surface area (Å²) in [6.07, 6.45) is -0.563. The minimum absolute atomic E-state index is 0.215. The van der Waals surface area contributed by atoms with Crippen LogP contribution in [0.4, 0.5) is 15.3 Å². The summed E-state index contributed by atoms with van der Waals surface area (Å²) in [6, 6.07) is 12.0. The summed E-state index contributed by atoms with van der Waals surface area (Å²) in [6.45, 7) is 4.10. The highest BCUT2D eigenvalue weighted by Crippen LogP contribution is 2.46. The molecule has 180 valence electrons. The molecule has 0 saturated heterocycles. The molecular weight excluding hydrogens is 438 g/mol. The van der Waals surface area contributed by atoms with Gasteiger partial charge in [0.1, 0.15) is 0 Å². The van der Waals surface area contributed by atoms with E-state index in [4.69, 9.17) is 18.9 Å². The summed E-state index contributed by atoms with van der Waals surface area (Å²) in [7, 11) is 4.37. The smallest absolute Gasteiger partial charge is 0.414 e. The Kier molecular flexibility index (Phi) is 7.84. The highest BCUT2D eigenvalue weighted by Gasteiger charge is 2.40. The topological polar surface area (TPSA) is 101 Å². The quantitative estimate of drug-likeness (QED) is 0.610. The van der Waals surface area contributed by atoms with Gasteiger partial charge in [0.15, 0.2) is 11.5 Å². The number of carbonyl (C=O) groups is 2. The number of nitriles is 1. The first kappa shape index (κ1) is 24.7. The van der Waals surface area contributed by atoms with Gasteiger partial charge in [-0.25, -0.2) is 9.59 Å². The molecule has 2 amide bonds. The number of carbonyl (C=O) groups excluding carboxylic acids is 2. The van der Waals surface area contributed by atoms with Crippen molar-refractivity contribution in [3.8, 4) is 17.6 Å². The van der Waals surface area contributed by atoms with E-state index in [-0.39, 0.29) is 19.2 Å². The number of anilines is 1. The van der Waals surface area contributed by atoms with Crippen LogP contribution in [-0.2, 0) is 16.0 Å². The molecular formula is C25H29N3O6. The lowest BCUT2D eigenvalue weighted by Gasteiger charge is -2.42. The maximum atomic E-state index is 13.0. The van der Waals surface area contributed by atoms with Gasteiger partial charge in [0, 0.05) is 24.2 Å². The van der Waals surface area contributed by atoms with Gasteiger partial charge in [-0.1, -0.05) is 12.1 Å². The zero-order valence-electron chi connectivity index (χ0n) is 20.0. The molecule has 9 nitrogen and oxygen atoms in total. The van der Waals surface area contributed by atoms with Gasteiger partial charge in [0.2, 0.25) is 0 Å². The van der Waals surface area contributed by atoms with E-state index in [1.54, 1.807) is 47.1 Å². The third-order valence-electron chi connectivity index (χ3n) is 5.82. The van der Waals surface area contributed by atoms with Crippen molar-refractivity contribution in [1.29, 1.82) is 5.26 Å². The highest BCUT2D eigenvalue weighted by molar-refractivity contribution is 5.91. The van der Waals surface area contributed by atoms with Crippen LogP contribution in [0.2, 0.25) is 0 Å². The van der Waals surface area contributed by atoms with Gasteiger partial charge < -0.3 is 18.9 Å². The van der Waals surface area contributed by atoms with Crippen LogP contribution in [0.15, 0.2) is 36.4 Å². The molecule has 1 aliphatic heterocycles. The molecule has 3 rings (SSSR count). The molecule has 0 unspecified atom stereocenters. The maximum Gasteiger partial charge on any atom is 0.414 e. The zero-order valence-corrected chi connectivity index (χ0v) is 20.0. The predicted octanol–water partition coefficient (Wildman–Crippen LogP) is 4.64. The van der Waals surface area contributed by atoms with Crippen molar-refractivity contribution < 1.29 is 28.5 Å². The largest absolute Gasteiger partial charge is 0.493 e. The molecule has 2 atom stereocenters. The number of hydrogen-bond donors (Lipinski definition) is 0. The van der Waals surface area contributed by atoms with Crippen molar-refractivity contribution >= 4 is 17.9 Å². The second-order valence-corrected chi connectivity index (χ2v) is 7.85. The Morgan fingerprint density at radius 3 is 2.47 bits per heavy atom. The van der Waals surface area contributed by atoms with Gasteiger partial charge in [-0.2, -0.15) is 5.26 Å². The average Bonchev–Trinajstić information content (AvgIpc) is 2.85. The van der Waals surface area contributed by atoms with Gasteiger partial charge in [0.05, 0.1) is 51.3 Å². The molecule has 1 heterocycles. The standard InChI is InChI=1S/C25H29N3O6/c1-6-34-25(30)28-16(2)10-20(19-12-22(31-3)23(32-4)13-21(19)28)27(24(29)33-5)15-18-9-7-8-17(11-18)14-26/h7-9,11-13,16,20H,6,10,15H2,1-5H3/t16-,20+/m0/s1. The van der Waals surface area contributed by atoms with E-state index in [2.05, 4.69) is 6.07 Å². The average molecular weight is 468 g/mol. The molecule has 0 spiro atoms. The number of benzene rings is 2. The summed E-state index contributed by atoms with van der Waals surface area (Å²) in [4.78, 5) is 29.0.